The van der Waals surface area contributed by atoms with E-state index in [4.69, 9.17) is 4.74 Å². The molecule has 1 N–H and O–H groups in total. The molecular formula is C13H20N2O2. The molecule has 1 heterocycles. The molecule has 0 atom stereocenters. The van der Waals surface area contributed by atoms with Crippen molar-refractivity contribution < 1.29 is 9.84 Å². The predicted octanol–water partition coefficient (Wildman–Crippen LogP) is 1.15. The predicted molar refractivity (Wildman–Crippen MR) is 67.4 cm³/mol. The summed E-state index contributed by atoms with van der Waals surface area (Å²) in [6, 6.07) is 5.39. The van der Waals surface area contributed by atoms with Crippen LogP contribution in [0.2, 0.25) is 0 Å². The highest BCUT2D eigenvalue weighted by molar-refractivity contribution is 5.39. The molecule has 1 saturated heterocycles. The minimum Gasteiger partial charge on any atom is -0.508 e. The topological polar surface area (TPSA) is 35.9 Å². The largest absolute Gasteiger partial charge is 0.508 e. The number of methoxy groups -OCH3 is 1. The van der Waals surface area contributed by atoms with E-state index in [2.05, 4.69) is 16.8 Å². The van der Waals surface area contributed by atoms with Gasteiger partial charge in [0.1, 0.15) is 11.5 Å². The van der Waals surface area contributed by atoms with Crippen molar-refractivity contribution in [2.45, 2.75) is 6.54 Å². The Morgan fingerprint density at radius 3 is 2.59 bits per heavy atom. The van der Waals surface area contributed by atoms with Crippen molar-refractivity contribution >= 4 is 0 Å². The highest BCUT2D eigenvalue weighted by Gasteiger charge is 2.15. The summed E-state index contributed by atoms with van der Waals surface area (Å²) in [6.07, 6.45) is 0. The van der Waals surface area contributed by atoms with Crippen LogP contribution >= 0.6 is 0 Å². The molecule has 1 aliphatic heterocycles. The SMILES string of the molecule is COc1ccc(O)c(CN2CCN(C)CC2)c1. The lowest BCUT2D eigenvalue weighted by Gasteiger charge is -2.32. The number of rotatable bonds is 3. The lowest BCUT2D eigenvalue weighted by molar-refractivity contribution is 0.147. The highest BCUT2D eigenvalue weighted by Crippen LogP contribution is 2.24. The lowest BCUT2D eigenvalue weighted by Crippen LogP contribution is -2.43. The zero-order chi connectivity index (χ0) is 12.3. The normalized spacial score (nSPS) is 18.2. The van der Waals surface area contributed by atoms with Crippen LogP contribution in [0.4, 0.5) is 0 Å². The van der Waals surface area contributed by atoms with Crippen molar-refractivity contribution in [3.63, 3.8) is 0 Å². The van der Waals surface area contributed by atoms with E-state index in [9.17, 15) is 5.11 Å². The van der Waals surface area contributed by atoms with E-state index in [1.165, 1.54) is 0 Å². The number of hydrogen-bond acceptors (Lipinski definition) is 4. The molecule has 4 heteroatoms. The second-order valence-corrected chi connectivity index (χ2v) is 4.57. The third-order valence-electron chi connectivity index (χ3n) is 3.28. The van der Waals surface area contributed by atoms with Crippen LogP contribution in [0.25, 0.3) is 0 Å². The van der Waals surface area contributed by atoms with E-state index in [0.29, 0.717) is 5.75 Å². The number of hydrogen-bond donors (Lipinski definition) is 1. The Balaban J connectivity index is 2.02. The van der Waals surface area contributed by atoms with Crippen molar-refractivity contribution in [3.8, 4) is 11.5 Å². The Morgan fingerprint density at radius 1 is 1.24 bits per heavy atom. The summed E-state index contributed by atoms with van der Waals surface area (Å²) in [6.45, 7) is 5.06. The molecule has 0 amide bonds. The first-order valence-corrected chi connectivity index (χ1v) is 5.96. The first kappa shape index (κ1) is 12.2. The molecule has 1 aliphatic rings. The van der Waals surface area contributed by atoms with Gasteiger partial charge in [-0.05, 0) is 25.2 Å². The Hall–Kier alpha value is -1.26. The van der Waals surface area contributed by atoms with Crippen molar-refractivity contribution in [1.82, 2.24) is 9.80 Å². The van der Waals surface area contributed by atoms with Gasteiger partial charge < -0.3 is 14.7 Å². The fraction of sp³-hybridized carbons (Fsp3) is 0.538. The van der Waals surface area contributed by atoms with Gasteiger partial charge in [-0.3, -0.25) is 4.90 Å². The van der Waals surface area contributed by atoms with Crippen molar-refractivity contribution in [3.05, 3.63) is 23.8 Å². The lowest BCUT2D eigenvalue weighted by atomic mass is 10.1. The average molecular weight is 236 g/mol. The number of piperazine rings is 1. The molecule has 0 spiro atoms. The molecule has 1 aromatic rings. The van der Waals surface area contributed by atoms with Gasteiger partial charge in [0.15, 0.2) is 0 Å². The third kappa shape index (κ3) is 3.11. The van der Waals surface area contributed by atoms with Crippen LogP contribution in [0, 0.1) is 0 Å². The second-order valence-electron chi connectivity index (χ2n) is 4.57. The second kappa shape index (κ2) is 5.38. The van der Waals surface area contributed by atoms with E-state index >= 15 is 0 Å². The van der Waals surface area contributed by atoms with Gasteiger partial charge in [-0.25, -0.2) is 0 Å². The van der Waals surface area contributed by atoms with E-state index in [0.717, 1.165) is 44.0 Å². The molecule has 0 unspecified atom stereocenters. The number of phenols is 1. The Kier molecular flexibility index (Phi) is 3.86. The zero-order valence-corrected chi connectivity index (χ0v) is 10.5. The minimum atomic E-state index is 0.352. The van der Waals surface area contributed by atoms with Crippen LogP contribution in [-0.4, -0.2) is 55.2 Å². The van der Waals surface area contributed by atoms with Crippen LogP contribution in [0.3, 0.4) is 0 Å². The van der Waals surface area contributed by atoms with Crippen molar-refractivity contribution in [2.24, 2.45) is 0 Å². The van der Waals surface area contributed by atoms with Gasteiger partial charge in [-0.15, -0.1) is 0 Å². The molecule has 0 bridgehead atoms. The maximum Gasteiger partial charge on any atom is 0.120 e. The molecule has 4 nitrogen and oxygen atoms in total. The van der Waals surface area contributed by atoms with Crippen LogP contribution < -0.4 is 4.74 Å². The summed E-state index contributed by atoms with van der Waals surface area (Å²) in [4.78, 5) is 4.68. The Morgan fingerprint density at radius 2 is 1.94 bits per heavy atom. The fourth-order valence-electron chi connectivity index (χ4n) is 2.06. The highest BCUT2D eigenvalue weighted by atomic mass is 16.5. The quantitative estimate of drug-likeness (QED) is 0.854. The fourth-order valence-corrected chi connectivity index (χ4v) is 2.06. The van der Waals surface area contributed by atoms with Gasteiger partial charge in [0.25, 0.3) is 0 Å². The van der Waals surface area contributed by atoms with Gasteiger partial charge in [0.05, 0.1) is 7.11 Å². The molecular weight excluding hydrogens is 216 g/mol. The third-order valence-corrected chi connectivity index (χ3v) is 3.28. The summed E-state index contributed by atoms with van der Waals surface area (Å²) in [5.41, 5.74) is 0.939. The maximum atomic E-state index is 9.82. The molecule has 0 aliphatic carbocycles. The molecule has 1 aromatic carbocycles. The Bertz CT molecular complexity index is 374. The number of ether oxygens (including phenoxy) is 1. The maximum absolute atomic E-state index is 9.82. The summed E-state index contributed by atoms with van der Waals surface area (Å²) in [5, 5.41) is 9.82. The molecule has 17 heavy (non-hydrogen) atoms. The molecule has 94 valence electrons. The van der Waals surface area contributed by atoms with Crippen LogP contribution in [-0.2, 0) is 6.54 Å². The zero-order valence-electron chi connectivity index (χ0n) is 10.5. The van der Waals surface area contributed by atoms with Gasteiger partial charge in [0, 0.05) is 38.3 Å². The standard InChI is InChI=1S/C13H20N2O2/c1-14-5-7-15(8-6-14)10-11-9-12(17-2)3-4-13(11)16/h3-4,9,16H,5-8,10H2,1-2H3. The van der Waals surface area contributed by atoms with Crippen molar-refractivity contribution in [1.29, 1.82) is 0 Å². The molecule has 1 fully saturated rings. The van der Waals surface area contributed by atoms with Gasteiger partial charge in [0.2, 0.25) is 0 Å². The number of phenolic OH excluding ortho intramolecular Hbond substituents is 1. The van der Waals surface area contributed by atoms with E-state index in [1.54, 1.807) is 19.2 Å². The summed E-state index contributed by atoms with van der Waals surface area (Å²) >= 11 is 0. The molecule has 0 aromatic heterocycles. The van der Waals surface area contributed by atoms with Crippen LogP contribution in [0.15, 0.2) is 18.2 Å². The number of aromatic hydroxyl groups is 1. The smallest absolute Gasteiger partial charge is 0.120 e. The van der Waals surface area contributed by atoms with Crippen LogP contribution in [0.1, 0.15) is 5.56 Å². The van der Waals surface area contributed by atoms with Crippen molar-refractivity contribution in [2.75, 3.05) is 40.3 Å². The van der Waals surface area contributed by atoms with Crippen LogP contribution in [0.5, 0.6) is 11.5 Å². The van der Waals surface area contributed by atoms with E-state index in [-0.39, 0.29) is 0 Å². The minimum absolute atomic E-state index is 0.352. The van der Waals surface area contributed by atoms with Gasteiger partial charge in [-0.1, -0.05) is 0 Å². The van der Waals surface area contributed by atoms with Gasteiger partial charge >= 0.3 is 0 Å². The Labute approximate surface area is 102 Å². The number of benzene rings is 1. The van der Waals surface area contributed by atoms with Gasteiger partial charge in [-0.2, -0.15) is 0 Å². The van der Waals surface area contributed by atoms with E-state index in [1.807, 2.05) is 6.07 Å². The monoisotopic (exact) mass is 236 g/mol. The summed E-state index contributed by atoms with van der Waals surface area (Å²) < 4.78 is 5.18. The summed E-state index contributed by atoms with van der Waals surface area (Å²) in [5.74, 6) is 1.15. The summed E-state index contributed by atoms with van der Waals surface area (Å²) in [7, 11) is 3.78. The first-order chi connectivity index (χ1) is 8.19. The molecule has 0 radical (unpaired) electrons. The van der Waals surface area contributed by atoms with E-state index < -0.39 is 0 Å². The average Bonchev–Trinajstić information content (AvgIpc) is 2.35. The number of nitrogens with zero attached hydrogens (tertiary/aromatic N) is 2. The first-order valence-electron chi connectivity index (χ1n) is 5.96. The number of likely N-dealkylation sites (N-methyl/N-ethyl adjacent to an activating group) is 1. The molecule has 2 rings (SSSR count). The molecule has 0 saturated carbocycles.